The minimum absolute atomic E-state index is 0.445. The van der Waals surface area contributed by atoms with Crippen LogP contribution in [0.25, 0.3) is 157 Å². The first-order valence-corrected chi connectivity index (χ1v) is 30.4. The van der Waals surface area contributed by atoms with E-state index in [0.29, 0.717) is 57.2 Å². The summed E-state index contributed by atoms with van der Waals surface area (Å²) in [5, 5.41) is 43.9. The normalized spacial score (nSPS) is 11.1. The van der Waals surface area contributed by atoms with Crippen LogP contribution in [-0.2, 0) is 0 Å². The second-order valence-corrected chi connectivity index (χ2v) is 22.7. The highest BCUT2D eigenvalue weighted by Gasteiger charge is 2.25. The topological polar surface area (TPSA) is 182 Å². The molecule has 0 amide bonds. The van der Waals surface area contributed by atoms with Crippen molar-refractivity contribution < 1.29 is 0 Å². The molecule has 12 aromatic carbocycles. The number of benzene rings is 12. The molecule has 434 valence electrons. The zero-order valence-electron chi connectivity index (χ0n) is 49.9. The molecule has 0 fully saturated rings. The van der Waals surface area contributed by atoms with Crippen LogP contribution in [0.3, 0.4) is 0 Å². The van der Waals surface area contributed by atoms with Gasteiger partial charge < -0.3 is 9.13 Å². The molecule has 12 nitrogen and oxygen atoms in total. The largest absolute Gasteiger partial charge is 0.309 e. The lowest BCUT2D eigenvalue weighted by atomic mass is 9.86. The van der Waals surface area contributed by atoms with Crippen molar-refractivity contribution in [1.82, 2.24) is 39.0 Å². The molecule has 0 aliphatic heterocycles. The zero-order valence-corrected chi connectivity index (χ0v) is 49.9. The smallest absolute Gasteiger partial charge is 0.164 e. The van der Waals surface area contributed by atoms with Crippen LogP contribution in [0.4, 0.5) is 0 Å². The minimum Gasteiger partial charge on any atom is -0.309 e. The van der Waals surface area contributed by atoms with Gasteiger partial charge in [-0.1, -0.05) is 182 Å². The van der Waals surface area contributed by atoms with Gasteiger partial charge in [0.25, 0.3) is 0 Å². The van der Waals surface area contributed by atoms with E-state index in [9.17, 15) is 21.0 Å². The lowest BCUT2D eigenvalue weighted by Gasteiger charge is -2.20. The average molecular weight is 1200 g/mol. The van der Waals surface area contributed by atoms with Crippen molar-refractivity contribution in [2.24, 2.45) is 0 Å². The Morgan fingerprint density at radius 3 is 0.702 bits per heavy atom. The fraction of sp³-hybridized carbons (Fsp3) is 0. The van der Waals surface area contributed by atoms with Gasteiger partial charge in [-0.2, -0.15) is 21.0 Å². The van der Waals surface area contributed by atoms with Gasteiger partial charge in [-0.15, -0.1) is 0 Å². The molecule has 0 aliphatic rings. The maximum absolute atomic E-state index is 10.1. The highest BCUT2D eigenvalue weighted by Crippen LogP contribution is 2.46. The number of nitriles is 4. The standard InChI is InChI=1S/C82H46N12/c83-47-51-29-37-73-67(41-51)68-42-52(48-84)30-38-74(68)93(73)59-33-35-65(71(45-59)81-89-77(55-17-5-1-6-18-55)87-78(90-81)56-19-7-2-8-20-56)63-27-15-13-25-61(63)62-26-14-16-28-64(62)66-36-34-60(94-75-39-31-53(49-85)43-69(75)70-44-54(50-86)32-40-76(70)94)46-72(66)82-91-79(57-21-9-3-10-22-57)88-80(92-82)58-23-11-4-12-24-58/h1-46H. The van der Waals surface area contributed by atoms with Crippen LogP contribution < -0.4 is 0 Å². The molecule has 0 unspecified atom stereocenters. The van der Waals surface area contributed by atoms with E-state index in [1.165, 1.54) is 0 Å². The van der Waals surface area contributed by atoms with E-state index < -0.39 is 0 Å². The summed E-state index contributed by atoms with van der Waals surface area (Å²) < 4.78 is 4.34. The maximum atomic E-state index is 10.1. The molecule has 0 saturated carbocycles. The van der Waals surface area contributed by atoms with E-state index in [-0.39, 0.29) is 0 Å². The Morgan fingerprint density at radius 2 is 0.447 bits per heavy atom. The second kappa shape index (κ2) is 23.3. The van der Waals surface area contributed by atoms with Crippen molar-refractivity contribution in [1.29, 1.82) is 21.0 Å². The Balaban J connectivity index is 0.952. The van der Waals surface area contributed by atoms with Gasteiger partial charge >= 0.3 is 0 Å². The molecule has 12 heteroatoms. The highest BCUT2D eigenvalue weighted by molar-refractivity contribution is 6.12. The summed E-state index contributed by atoms with van der Waals surface area (Å²) in [5.41, 5.74) is 17.1. The first kappa shape index (κ1) is 55.5. The molecule has 4 heterocycles. The summed E-state index contributed by atoms with van der Waals surface area (Å²) in [7, 11) is 0. The minimum atomic E-state index is 0.445. The van der Waals surface area contributed by atoms with E-state index in [1.54, 1.807) is 0 Å². The maximum Gasteiger partial charge on any atom is 0.164 e. The number of hydrogen-bond donors (Lipinski definition) is 0. The van der Waals surface area contributed by atoms with E-state index in [4.69, 9.17) is 29.9 Å². The van der Waals surface area contributed by atoms with Gasteiger partial charge in [0, 0.05) is 66.3 Å². The van der Waals surface area contributed by atoms with Crippen molar-refractivity contribution in [3.63, 3.8) is 0 Å². The van der Waals surface area contributed by atoms with Crippen LogP contribution in [0.1, 0.15) is 22.3 Å². The van der Waals surface area contributed by atoms with Crippen LogP contribution in [0.2, 0.25) is 0 Å². The highest BCUT2D eigenvalue weighted by atomic mass is 15.1. The van der Waals surface area contributed by atoms with Gasteiger partial charge in [0.15, 0.2) is 34.9 Å². The van der Waals surface area contributed by atoms with E-state index in [0.717, 1.165) is 122 Å². The number of nitrogens with zero attached hydrogens (tertiary/aromatic N) is 12. The van der Waals surface area contributed by atoms with E-state index in [2.05, 4.69) is 118 Å². The molecular formula is C82H46N12. The molecule has 0 radical (unpaired) electrons. The van der Waals surface area contributed by atoms with Crippen LogP contribution in [0, 0.1) is 45.3 Å². The summed E-state index contributed by atoms with van der Waals surface area (Å²) in [6.07, 6.45) is 0. The summed E-state index contributed by atoms with van der Waals surface area (Å²) in [4.78, 5) is 31.8. The molecule has 0 spiro atoms. The Morgan fingerprint density at radius 1 is 0.213 bits per heavy atom. The van der Waals surface area contributed by atoms with Crippen LogP contribution in [0.15, 0.2) is 279 Å². The molecular weight excluding hydrogens is 1150 g/mol. The van der Waals surface area contributed by atoms with E-state index in [1.807, 2.05) is 194 Å². The molecule has 0 saturated heterocycles. The van der Waals surface area contributed by atoms with Crippen molar-refractivity contribution in [3.8, 4) is 137 Å². The SMILES string of the molecule is N#Cc1ccc2c(c1)c1cc(C#N)ccc1n2-c1ccc(-c2ccccc2-c2ccccc2-c2ccc(-n3c4ccc(C#N)cc4c4cc(C#N)ccc43)cc2-c2nc(-c3ccccc3)nc(-c3ccccc3)n2)c(-c2nc(-c3ccccc3)nc(-c3ccccc3)n2)c1. The average Bonchev–Trinajstić information content (AvgIpc) is 1.51. The van der Waals surface area contributed by atoms with Crippen molar-refractivity contribution in [2.45, 2.75) is 0 Å². The Labute approximate surface area is 539 Å². The fourth-order valence-corrected chi connectivity index (χ4v) is 12.8. The molecule has 94 heavy (non-hydrogen) atoms. The lowest BCUT2D eigenvalue weighted by molar-refractivity contribution is 1.07. The summed E-state index contributed by atoms with van der Waals surface area (Å²) in [6, 6.07) is 101. The summed E-state index contributed by atoms with van der Waals surface area (Å²) >= 11 is 0. The van der Waals surface area contributed by atoms with Gasteiger partial charge in [0.05, 0.1) is 68.6 Å². The van der Waals surface area contributed by atoms with Crippen LogP contribution >= 0.6 is 0 Å². The van der Waals surface area contributed by atoms with Gasteiger partial charge in [-0.25, -0.2) is 29.9 Å². The molecule has 0 atom stereocenters. The van der Waals surface area contributed by atoms with Crippen LogP contribution in [-0.4, -0.2) is 39.0 Å². The number of rotatable bonds is 11. The van der Waals surface area contributed by atoms with Crippen LogP contribution in [0.5, 0.6) is 0 Å². The zero-order chi connectivity index (χ0) is 63.2. The first-order valence-electron chi connectivity index (χ1n) is 30.4. The third-order valence-electron chi connectivity index (χ3n) is 17.2. The number of aromatic nitrogens is 8. The first-order chi connectivity index (χ1) is 46.4. The second-order valence-electron chi connectivity index (χ2n) is 22.7. The Bertz CT molecular complexity index is 5290. The monoisotopic (exact) mass is 1200 g/mol. The van der Waals surface area contributed by atoms with Crippen molar-refractivity contribution in [2.75, 3.05) is 0 Å². The third-order valence-corrected chi connectivity index (χ3v) is 17.2. The Kier molecular flexibility index (Phi) is 13.8. The summed E-state index contributed by atoms with van der Waals surface area (Å²) in [6.45, 7) is 0. The molecule has 16 rings (SSSR count). The molecule has 0 aliphatic carbocycles. The van der Waals surface area contributed by atoms with Gasteiger partial charge in [0.1, 0.15) is 0 Å². The quantitative estimate of drug-likeness (QED) is 0.121. The summed E-state index contributed by atoms with van der Waals surface area (Å²) in [5.74, 6) is 2.91. The lowest BCUT2D eigenvalue weighted by Crippen LogP contribution is -2.03. The van der Waals surface area contributed by atoms with E-state index >= 15 is 0 Å². The number of fused-ring (bicyclic) bond motifs is 6. The van der Waals surface area contributed by atoms with Gasteiger partial charge in [0.2, 0.25) is 0 Å². The Hall–Kier alpha value is -13.8. The van der Waals surface area contributed by atoms with Gasteiger partial charge in [-0.05, 0) is 130 Å². The fourth-order valence-electron chi connectivity index (χ4n) is 12.8. The molecule has 0 bridgehead atoms. The third kappa shape index (κ3) is 9.79. The molecule has 0 N–H and O–H groups in total. The number of hydrogen-bond acceptors (Lipinski definition) is 10. The van der Waals surface area contributed by atoms with Crippen molar-refractivity contribution >= 4 is 43.6 Å². The molecule has 4 aromatic heterocycles. The van der Waals surface area contributed by atoms with Crippen molar-refractivity contribution in [3.05, 3.63) is 301 Å². The van der Waals surface area contributed by atoms with Gasteiger partial charge in [-0.3, -0.25) is 0 Å². The molecule has 16 aromatic rings. The predicted molar refractivity (Wildman–Crippen MR) is 370 cm³/mol. The predicted octanol–water partition coefficient (Wildman–Crippen LogP) is 18.7.